The summed E-state index contributed by atoms with van der Waals surface area (Å²) < 4.78 is 5.72. The van der Waals surface area contributed by atoms with Crippen molar-refractivity contribution in [3.8, 4) is 5.75 Å². The van der Waals surface area contributed by atoms with Gasteiger partial charge in [0.15, 0.2) is 0 Å². The van der Waals surface area contributed by atoms with Crippen LogP contribution in [0.2, 0.25) is 5.02 Å². The molecular formula is C15H23ClN2O. The molecule has 106 valence electrons. The molecule has 2 rings (SSSR count). The first-order valence-electron chi connectivity index (χ1n) is 7.09. The van der Waals surface area contributed by atoms with E-state index in [0.29, 0.717) is 6.04 Å². The molecule has 0 spiro atoms. The first-order chi connectivity index (χ1) is 9.25. The fourth-order valence-corrected chi connectivity index (χ4v) is 2.51. The number of nitrogens with zero attached hydrogens (tertiary/aromatic N) is 1. The van der Waals surface area contributed by atoms with Crippen LogP contribution >= 0.6 is 11.6 Å². The topological polar surface area (TPSA) is 24.5 Å². The van der Waals surface area contributed by atoms with E-state index in [1.807, 2.05) is 24.3 Å². The molecular weight excluding hydrogens is 260 g/mol. The molecule has 4 heteroatoms. The molecule has 1 heterocycles. The average Bonchev–Trinajstić information content (AvgIpc) is 2.62. The van der Waals surface area contributed by atoms with Crippen molar-refractivity contribution in [1.29, 1.82) is 0 Å². The van der Waals surface area contributed by atoms with Crippen LogP contribution in [0.15, 0.2) is 24.3 Å². The molecule has 0 aliphatic carbocycles. The van der Waals surface area contributed by atoms with Crippen LogP contribution < -0.4 is 10.1 Å². The summed E-state index contributed by atoms with van der Waals surface area (Å²) in [5.74, 6) is 0.898. The van der Waals surface area contributed by atoms with Crippen LogP contribution in [0.4, 0.5) is 0 Å². The van der Waals surface area contributed by atoms with E-state index in [1.165, 1.54) is 13.0 Å². The molecule has 1 aliphatic rings. The lowest BCUT2D eigenvalue weighted by Gasteiger charge is -2.26. The predicted molar refractivity (Wildman–Crippen MR) is 80.1 cm³/mol. The number of hydrogen-bond donors (Lipinski definition) is 1. The standard InChI is InChI=1S/C15H23ClN2O/c1-13-12-17-8-2-9-18(13)10-3-11-19-15-6-4-14(16)5-7-15/h4-7,13,17H,2-3,8-12H2,1H3. The van der Waals surface area contributed by atoms with Crippen molar-refractivity contribution in [3.05, 3.63) is 29.3 Å². The number of halogens is 1. The largest absolute Gasteiger partial charge is 0.494 e. The minimum Gasteiger partial charge on any atom is -0.494 e. The van der Waals surface area contributed by atoms with Crippen molar-refractivity contribution in [2.75, 3.05) is 32.8 Å². The summed E-state index contributed by atoms with van der Waals surface area (Å²) in [5, 5.41) is 4.21. The first-order valence-corrected chi connectivity index (χ1v) is 7.46. The number of benzene rings is 1. The van der Waals surface area contributed by atoms with Gasteiger partial charge in [-0.2, -0.15) is 0 Å². The van der Waals surface area contributed by atoms with Gasteiger partial charge in [-0.1, -0.05) is 11.6 Å². The SMILES string of the molecule is CC1CNCCCN1CCCOc1ccc(Cl)cc1. The molecule has 0 radical (unpaired) electrons. The van der Waals surface area contributed by atoms with Crippen molar-refractivity contribution >= 4 is 11.6 Å². The van der Waals surface area contributed by atoms with Crippen LogP contribution in [-0.4, -0.2) is 43.7 Å². The van der Waals surface area contributed by atoms with E-state index in [-0.39, 0.29) is 0 Å². The Morgan fingerprint density at radius 3 is 2.95 bits per heavy atom. The lowest BCUT2D eigenvalue weighted by molar-refractivity contribution is 0.199. The summed E-state index contributed by atoms with van der Waals surface area (Å²) in [5.41, 5.74) is 0. The Balaban J connectivity index is 1.67. The van der Waals surface area contributed by atoms with Crippen molar-refractivity contribution in [2.45, 2.75) is 25.8 Å². The van der Waals surface area contributed by atoms with Gasteiger partial charge in [-0.25, -0.2) is 0 Å². The minimum absolute atomic E-state index is 0.623. The molecule has 1 aliphatic heterocycles. The van der Waals surface area contributed by atoms with Crippen molar-refractivity contribution < 1.29 is 4.74 Å². The van der Waals surface area contributed by atoms with Gasteiger partial charge in [0.1, 0.15) is 5.75 Å². The summed E-state index contributed by atoms with van der Waals surface area (Å²) >= 11 is 5.84. The molecule has 1 N–H and O–H groups in total. The van der Waals surface area contributed by atoms with E-state index < -0.39 is 0 Å². The highest BCUT2D eigenvalue weighted by molar-refractivity contribution is 6.30. The second-order valence-corrected chi connectivity index (χ2v) is 5.54. The van der Waals surface area contributed by atoms with Crippen LogP contribution in [0.1, 0.15) is 19.8 Å². The fraction of sp³-hybridized carbons (Fsp3) is 0.600. The third-order valence-corrected chi connectivity index (χ3v) is 3.79. The van der Waals surface area contributed by atoms with E-state index in [2.05, 4.69) is 17.1 Å². The molecule has 1 unspecified atom stereocenters. The van der Waals surface area contributed by atoms with Crippen LogP contribution in [0, 0.1) is 0 Å². The van der Waals surface area contributed by atoms with Crippen LogP contribution in [0.3, 0.4) is 0 Å². The molecule has 0 aromatic heterocycles. The van der Waals surface area contributed by atoms with Gasteiger partial charge in [-0.15, -0.1) is 0 Å². The van der Waals surface area contributed by atoms with Crippen molar-refractivity contribution in [3.63, 3.8) is 0 Å². The third-order valence-electron chi connectivity index (χ3n) is 3.53. The lowest BCUT2D eigenvalue weighted by atomic mass is 10.2. The normalized spacial score (nSPS) is 21.1. The van der Waals surface area contributed by atoms with Crippen molar-refractivity contribution in [1.82, 2.24) is 10.2 Å². The fourth-order valence-electron chi connectivity index (χ4n) is 2.39. The van der Waals surface area contributed by atoms with Gasteiger partial charge in [-0.3, -0.25) is 4.90 Å². The molecule has 0 saturated carbocycles. The van der Waals surface area contributed by atoms with Gasteiger partial charge < -0.3 is 10.1 Å². The Kier molecular flexibility index (Phi) is 5.95. The van der Waals surface area contributed by atoms with E-state index in [0.717, 1.165) is 43.4 Å². The molecule has 0 bridgehead atoms. The second kappa shape index (κ2) is 7.73. The molecule has 0 amide bonds. The Labute approximate surface area is 120 Å². The van der Waals surface area contributed by atoms with E-state index in [4.69, 9.17) is 16.3 Å². The zero-order valence-corrected chi connectivity index (χ0v) is 12.3. The third kappa shape index (κ3) is 5.01. The van der Waals surface area contributed by atoms with E-state index in [9.17, 15) is 0 Å². The Morgan fingerprint density at radius 1 is 1.37 bits per heavy atom. The van der Waals surface area contributed by atoms with Crippen LogP contribution in [0.5, 0.6) is 5.75 Å². The van der Waals surface area contributed by atoms with E-state index in [1.54, 1.807) is 0 Å². The summed E-state index contributed by atoms with van der Waals surface area (Å²) in [6.45, 7) is 7.59. The van der Waals surface area contributed by atoms with Gasteiger partial charge >= 0.3 is 0 Å². The lowest BCUT2D eigenvalue weighted by Crippen LogP contribution is -2.38. The summed E-state index contributed by atoms with van der Waals surface area (Å²) in [7, 11) is 0. The number of ether oxygens (including phenoxy) is 1. The average molecular weight is 283 g/mol. The summed E-state index contributed by atoms with van der Waals surface area (Å²) in [6, 6.07) is 8.18. The van der Waals surface area contributed by atoms with Crippen molar-refractivity contribution in [2.24, 2.45) is 0 Å². The first kappa shape index (κ1) is 14.6. The second-order valence-electron chi connectivity index (χ2n) is 5.10. The quantitative estimate of drug-likeness (QED) is 0.841. The number of nitrogens with one attached hydrogen (secondary N) is 1. The molecule has 1 fully saturated rings. The highest BCUT2D eigenvalue weighted by atomic mass is 35.5. The summed E-state index contributed by atoms with van der Waals surface area (Å²) in [6.07, 6.45) is 2.30. The van der Waals surface area contributed by atoms with Gasteiger partial charge in [0.25, 0.3) is 0 Å². The Hall–Kier alpha value is -0.770. The summed E-state index contributed by atoms with van der Waals surface area (Å²) in [4.78, 5) is 2.55. The number of hydrogen-bond acceptors (Lipinski definition) is 3. The van der Waals surface area contributed by atoms with Gasteiger partial charge in [0.05, 0.1) is 6.61 Å². The zero-order chi connectivity index (χ0) is 13.5. The van der Waals surface area contributed by atoms with Gasteiger partial charge in [0.2, 0.25) is 0 Å². The molecule has 1 saturated heterocycles. The maximum absolute atomic E-state index is 5.84. The number of rotatable bonds is 5. The monoisotopic (exact) mass is 282 g/mol. The highest BCUT2D eigenvalue weighted by Crippen LogP contribution is 2.15. The van der Waals surface area contributed by atoms with Crippen LogP contribution in [-0.2, 0) is 0 Å². The maximum atomic E-state index is 5.84. The Morgan fingerprint density at radius 2 is 2.16 bits per heavy atom. The molecule has 3 nitrogen and oxygen atoms in total. The minimum atomic E-state index is 0.623. The predicted octanol–water partition coefficient (Wildman–Crippen LogP) is 2.79. The molecule has 1 aromatic carbocycles. The zero-order valence-electron chi connectivity index (χ0n) is 11.6. The van der Waals surface area contributed by atoms with Crippen LogP contribution in [0.25, 0.3) is 0 Å². The van der Waals surface area contributed by atoms with Gasteiger partial charge in [-0.05, 0) is 57.1 Å². The Bertz CT molecular complexity index is 369. The smallest absolute Gasteiger partial charge is 0.119 e. The maximum Gasteiger partial charge on any atom is 0.119 e. The molecule has 19 heavy (non-hydrogen) atoms. The molecule has 1 aromatic rings. The van der Waals surface area contributed by atoms with Gasteiger partial charge in [0, 0.05) is 24.2 Å². The van der Waals surface area contributed by atoms with E-state index >= 15 is 0 Å². The molecule has 1 atom stereocenters. The highest BCUT2D eigenvalue weighted by Gasteiger charge is 2.15.